The molecule has 2 rings (SSSR count). The van der Waals surface area contributed by atoms with E-state index in [1.54, 1.807) is 6.07 Å². The highest BCUT2D eigenvalue weighted by Gasteiger charge is 2.52. The van der Waals surface area contributed by atoms with Gasteiger partial charge in [0.2, 0.25) is 0 Å². The average Bonchev–Trinajstić information content (AvgIpc) is 2.47. The Labute approximate surface area is 109 Å². The number of hydrogen-bond donors (Lipinski definition) is 0. The average molecular weight is 250 g/mol. The first-order valence-corrected chi connectivity index (χ1v) is 6.41. The molecule has 0 N–H and O–H groups in total. The molecule has 0 aliphatic carbocycles. The molecule has 0 aromatic heterocycles. The van der Waals surface area contributed by atoms with E-state index in [-0.39, 0.29) is 5.82 Å². The van der Waals surface area contributed by atoms with Gasteiger partial charge in [-0.1, -0.05) is 19.1 Å². The van der Waals surface area contributed by atoms with Gasteiger partial charge >= 0.3 is 7.12 Å². The smallest absolute Gasteiger partial charge is 0.399 e. The van der Waals surface area contributed by atoms with E-state index < -0.39 is 18.3 Å². The van der Waals surface area contributed by atoms with Crippen molar-refractivity contribution in [3.63, 3.8) is 0 Å². The lowest BCUT2D eigenvalue weighted by Crippen LogP contribution is -2.41. The summed E-state index contributed by atoms with van der Waals surface area (Å²) in [6, 6.07) is 5.10. The molecule has 0 spiro atoms. The van der Waals surface area contributed by atoms with Gasteiger partial charge in [0.25, 0.3) is 0 Å². The highest BCUT2D eigenvalue weighted by atomic mass is 19.1. The van der Waals surface area contributed by atoms with Crippen LogP contribution in [-0.2, 0) is 15.7 Å². The lowest BCUT2D eigenvalue weighted by atomic mass is 9.75. The molecule has 0 atom stereocenters. The Morgan fingerprint density at radius 1 is 1.11 bits per heavy atom. The largest absolute Gasteiger partial charge is 0.498 e. The summed E-state index contributed by atoms with van der Waals surface area (Å²) in [7, 11) is -0.619. The van der Waals surface area contributed by atoms with Crippen molar-refractivity contribution >= 4 is 12.6 Å². The molecule has 1 saturated heterocycles. The minimum atomic E-state index is -0.619. The van der Waals surface area contributed by atoms with E-state index in [9.17, 15) is 4.39 Å². The van der Waals surface area contributed by atoms with Gasteiger partial charge in [0.05, 0.1) is 11.2 Å². The Morgan fingerprint density at radius 3 is 2.17 bits per heavy atom. The van der Waals surface area contributed by atoms with Gasteiger partial charge in [-0.05, 0) is 45.7 Å². The van der Waals surface area contributed by atoms with E-state index in [4.69, 9.17) is 9.31 Å². The van der Waals surface area contributed by atoms with Crippen LogP contribution >= 0.6 is 0 Å². The number of rotatable bonds is 2. The molecule has 1 aromatic carbocycles. The highest BCUT2D eigenvalue weighted by Crippen LogP contribution is 2.36. The van der Waals surface area contributed by atoms with E-state index >= 15 is 0 Å². The van der Waals surface area contributed by atoms with E-state index in [2.05, 4.69) is 0 Å². The number of hydrogen-bond acceptors (Lipinski definition) is 2. The molecular weight excluding hydrogens is 230 g/mol. The summed E-state index contributed by atoms with van der Waals surface area (Å²) in [5.41, 5.74) is 0.600. The number of benzene rings is 1. The predicted octanol–water partition coefficient (Wildman–Crippen LogP) is 2.69. The van der Waals surface area contributed by atoms with E-state index in [1.165, 1.54) is 6.07 Å². The van der Waals surface area contributed by atoms with Crippen LogP contribution in [0.15, 0.2) is 18.2 Å². The first-order chi connectivity index (χ1) is 8.28. The highest BCUT2D eigenvalue weighted by molar-refractivity contribution is 6.62. The molecule has 1 fully saturated rings. The number of halogens is 1. The van der Waals surface area contributed by atoms with Crippen LogP contribution in [0.2, 0.25) is 0 Å². The quantitative estimate of drug-likeness (QED) is 0.751. The third-order valence-electron chi connectivity index (χ3n) is 4.01. The molecular formula is C14H20BFO2. The van der Waals surface area contributed by atoms with Crippen LogP contribution in [0.3, 0.4) is 0 Å². The van der Waals surface area contributed by atoms with Gasteiger partial charge in [-0.3, -0.25) is 0 Å². The second-order valence-electron chi connectivity index (χ2n) is 5.75. The topological polar surface area (TPSA) is 18.5 Å². The standard InChI is InChI=1S/C14H20BFO2/c1-6-10-8-7-9-11(16)12(10)15-17-13(2,3)14(4,5)18-15/h7-9H,6H2,1-5H3. The maximum Gasteiger partial charge on any atom is 0.498 e. The fourth-order valence-electron chi connectivity index (χ4n) is 2.11. The normalized spacial score (nSPS) is 21.3. The van der Waals surface area contributed by atoms with Crippen LogP contribution in [0.1, 0.15) is 40.2 Å². The summed E-state index contributed by atoms with van der Waals surface area (Å²) in [5, 5.41) is 0. The fourth-order valence-corrected chi connectivity index (χ4v) is 2.11. The van der Waals surface area contributed by atoms with Crippen molar-refractivity contribution in [3.05, 3.63) is 29.6 Å². The van der Waals surface area contributed by atoms with Crippen molar-refractivity contribution in [2.45, 2.75) is 52.2 Å². The van der Waals surface area contributed by atoms with Gasteiger partial charge < -0.3 is 9.31 Å². The van der Waals surface area contributed by atoms with E-state index in [0.717, 1.165) is 12.0 Å². The molecule has 1 aromatic rings. The first kappa shape index (κ1) is 13.6. The van der Waals surface area contributed by atoms with E-state index in [0.29, 0.717) is 5.46 Å². The molecule has 0 saturated carbocycles. The molecule has 0 bridgehead atoms. The molecule has 1 heterocycles. The summed E-state index contributed by atoms with van der Waals surface area (Å²) in [6.07, 6.45) is 0.761. The molecule has 1 aliphatic rings. The Balaban J connectivity index is 2.41. The molecule has 1 aliphatic heterocycles. The molecule has 0 amide bonds. The van der Waals surface area contributed by atoms with Crippen LogP contribution in [0.25, 0.3) is 0 Å². The summed E-state index contributed by atoms with van der Waals surface area (Å²) in [6.45, 7) is 9.89. The first-order valence-electron chi connectivity index (χ1n) is 6.41. The predicted molar refractivity (Wildman–Crippen MR) is 71.5 cm³/mol. The van der Waals surface area contributed by atoms with Crippen molar-refractivity contribution in [3.8, 4) is 0 Å². The molecule has 0 unspecified atom stereocenters. The second-order valence-corrected chi connectivity index (χ2v) is 5.75. The van der Waals surface area contributed by atoms with Crippen molar-refractivity contribution < 1.29 is 13.7 Å². The van der Waals surface area contributed by atoms with Gasteiger partial charge in [-0.15, -0.1) is 0 Å². The fraction of sp³-hybridized carbons (Fsp3) is 0.571. The number of aryl methyl sites for hydroxylation is 1. The zero-order chi connectivity index (χ0) is 13.6. The third-order valence-corrected chi connectivity index (χ3v) is 4.01. The van der Waals surface area contributed by atoms with Gasteiger partial charge in [0.15, 0.2) is 0 Å². The lowest BCUT2D eigenvalue weighted by Gasteiger charge is -2.32. The summed E-state index contributed by atoms with van der Waals surface area (Å²) >= 11 is 0. The van der Waals surface area contributed by atoms with Crippen LogP contribution in [0, 0.1) is 5.82 Å². The zero-order valence-electron chi connectivity index (χ0n) is 11.7. The van der Waals surface area contributed by atoms with Crippen LogP contribution in [-0.4, -0.2) is 18.3 Å². The van der Waals surface area contributed by atoms with Crippen molar-refractivity contribution in [1.29, 1.82) is 0 Å². The minimum Gasteiger partial charge on any atom is -0.399 e. The molecule has 4 heteroatoms. The Hall–Kier alpha value is -0.865. The van der Waals surface area contributed by atoms with Gasteiger partial charge in [-0.25, -0.2) is 4.39 Å². The second kappa shape index (κ2) is 4.35. The molecule has 98 valence electrons. The Kier molecular flexibility index (Phi) is 3.28. The molecule has 18 heavy (non-hydrogen) atoms. The minimum absolute atomic E-state index is 0.257. The van der Waals surface area contributed by atoms with E-state index in [1.807, 2.05) is 40.7 Å². The van der Waals surface area contributed by atoms with Gasteiger partial charge in [0.1, 0.15) is 5.82 Å². The summed E-state index contributed by atoms with van der Waals surface area (Å²) in [5.74, 6) is -0.257. The van der Waals surface area contributed by atoms with Crippen LogP contribution < -0.4 is 5.46 Å². The molecule has 2 nitrogen and oxygen atoms in total. The van der Waals surface area contributed by atoms with Crippen LogP contribution in [0.5, 0.6) is 0 Å². The van der Waals surface area contributed by atoms with Gasteiger partial charge in [-0.2, -0.15) is 0 Å². The van der Waals surface area contributed by atoms with Crippen LogP contribution in [0.4, 0.5) is 4.39 Å². The van der Waals surface area contributed by atoms with Crippen molar-refractivity contribution in [2.75, 3.05) is 0 Å². The maximum absolute atomic E-state index is 14.0. The zero-order valence-corrected chi connectivity index (χ0v) is 11.7. The van der Waals surface area contributed by atoms with Crippen molar-refractivity contribution in [2.24, 2.45) is 0 Å². The molecule has 0 radical (unpaired) electrons. The summed E-state index contributed by atoms with van der Waals surface area (Å²) in [4.78, 5) is 0. The third kappa shape index (κ3) is 2.08. The van der Waals surface area contributed by atoms with Crippen molar-refractivity contribution in [1.82, 2.24) is 0 Å². The van der Waals surface area contributed by atoms with Gasteiger partial charge in [0, 0.05) is 5.46 Å². The summed E-state index contributed by atoms with van der Waals surface area (Å²) < 4.78 is 25.9. The lowest BCUT2D eigenvalue weighted by molar-refractivity contribution is 0.00578. The monoisotopic (exact) mass is 250 g/mol. The Bertz CT molecular complexity index is 441. The SMILES string of the molecule is CCc1cccc(F)c1B1OC(C)(C)C(C)(C)O1. The Morgan fingerprint density at radius 2 is 1.67 bits per heavy atom. The maximum atomic E-state index is 14.0.